The highest BCUT2D eigenvalue weighted by molar-refractivity contribution is 5.27. The van der Waals surface area contributed by atoms with Crippen LogP contribution < -0.4 is 0 Å². The molecule has 4 heteroatoms. The molecule has 0 radical (unpaired) electrons. The summed E-state index contributed by atoms with van der Waals surface area (Å²) in [6.07, 6.45) is 0. The van der Waals surface area contributed by atoms with Crippen molar-refractivity contribution in [2.24, 2.45) is 5.92 Å². The molecule has 0 heterocycles. The van der Waals surface area contributed by atoms with Crippen LogP contribution in [0.25, 0.3) is 0 Å². The van der Waals surface area contributed by atoms with Crippen LogP contribution in [0.1, 0.15) is 31.0 Å². The van der Waals surface area contributed by atoms with E-state index >= 15 is 0 Å². The zero-order chi connectivity index (χ0) is 16.9. The molecular formula is C19H25NO3. The van der Waals surface area contributed by atoms with Gasteiger partial charge in [-0.15, -0.1) is 0 Å². The van der Waals surface area contributed by atoms with Crippen LogP contribution in [0.3, 0.4) is 0 Å². The predicted molar refractivity (Wildman–Crippen MR) is 89.9 cm³/mol. The Morgan fingerprint density at radius 1 is 0.870 bits per heavy atom. The minimum atomic E-state index is -1.26. The van der Waals surface area contributed by atoms with Gasteiger partial charge in [0.2, 0.25) is 0 Å². The molecule has 0 aliphatic rings. The van der Waals surface area contributed by atoms with Gasteiger partial charge in [-0.05, 0) is 17.0 Å². The summed E-state index contributed by atoms with van der Waals surface area (Å²) in [5, 5.41) is 32.2. The molecule has 0 aliphatic heterocycles. The Kier molecular flexibility index (Phi) is 5.91. The SMILES string of the molecule is CC(C)C(c1ccccc1)N(O)C(CO)(CO)c1ccccc1. The van der Waals surface area contributed by atoms with Crippen LogP contribution in [0, 0.1) is 5.92 Å². The lowest BCUT2D eigenvalue weighted by atomic mass is 9.86. The third-order valence-corrected chi connectivity index (χ3v) is 4.31. The molecule has 2 aromatic rings. The number of hydrogen-bond donors (Lipinski definition) is 3. The van der Waals surface area contributed by atoms with Crippen molar-refractivity contribution in [3.8, 4) is 0 Å². The summed E-state index contributed by atoms with van der Waals surface area (Å²) in [5.41, 5.74) is 0.354. The van der Waals surface area contributed by atoms with Gasteiger partial charge in [-0.25, -0.2) is 0 Å². The lowest BCUT2D eigenvalue weighted by Crippen LogP contribution is -2.52. The molecule has 0 saturated carbocycles. The zero-order valence-electron chi connectivity index (χ0n) is 13.6. The molecule has 0 fully saturated rings. The van der Waals surface area contributed by atoms with Crippen molar-refractivity contribution < 1.29 is 15.4 Å². The van der Waals surface area contributed by atoms with Crippen molar-refractivity contribution in [1.29, 1.82) is 0 Å². The first kappa shape index (κ1) is 17.6. The van der Waals surface area contributed by atoms with Gasteiger partial charge >= 0.3 is 0 Å². The molecule has 2 rings (SSSR count). The Bertz CT molecular complexity index is 582. The number of hydrogen-bond acceptors (Lipinski definition) is 4. The second-order valence-electron chi connectivity index (χ2n) is 6.16. The average molecular weight is 315 g/mol. The zero-order valence-corrected chi connectivity index (χ0v) is 13.6. The highest BCUT2D eigenvalue weighted by Gasteiger charge is 2.42. The highest BCUT2D eigenvalue weighted by Crippen LogP contribution is 2.37. The molecule has 0 bridgehead atoms. The van der Waals surface area contributed by atoms with Crippen LogP contribution in [0.4, 0.5) is 0 Å². The van der Waals surface area contributed by atoms with Gasteiger partial charge in [0.1, 0.15) is 5.54 Å². The molecule has 2 aromatic carbocycles. The van der Waals surface area contributed by atoms with Crippen LogP contribution in [0.5, 0.6) is 0 Å². The summed E-state index contributed by atoms with van der Waals surface area (Å²) in [7, 11) is 0. The van der Waals surface area contributed by atoms with E-state index in [1.54, 1.807) is 12.1 Å². The van der Waals surface area contributed by atoms with E-state index in [-0.39, 0.29) is 25.2 Å². The van der Waals surface area contributed by atoms with Crippen LogP contribution >= 0.6 is 0 Å². The largest absolute Gasteiger partial charge is 0.394 e. The maximum atomic E-state index is 11.0. The van der Waals surface area contributed by atoms with Gasteiger partial charge in [0.15, 0.2) is 0 Å². The van der Waals surface area contributed by atoms with Gasteiger partial charge in [-0.2, -0.15) is 5.06 Å². The first-order valence-corrected chi connectivity index (χ1v) is 7.87. The van der Waals surface area contributed by atoms with Crippen LogP contribution in [0.2, 0.25) is 0 Å². The Morgan fingerprint density at radius 2 is 1.35 bits per heavy atom. The van der Waals surface area contributed by atoms with Gasteiger partial charge in [-0.3, -0.25) is 0 Å². The first-order chi connectivity index (χ1) is 11.1. The molecule has 4 nitrogen and oxygen atoms in total. The number of rotatable bonds is 7. The summed E-state index contributed by atoms with van der Waals surface area (Å²) in [6.45, 7) is 3.23. The topological polar surface area (TPSA) is 63.9 Å². The first-order valence-electron chi connectivity index (χ1n) is 7.87. The number of hydroxylamine groups is 2. The van der Waals surface area contributed by atoms with Crippen molar-refractivity contribution in [1.82, 2.24) is 5.06 Å². The molecule has 1 unspecified atom stereocenters. The average Bonchev–Trinajstić information content (AvgIpc) is 2.58. The lowest BCUT2D eigenvalue weighted by Gasteiger charge is -2.43. The fourth-order valence-corrected chi connectivity index (χ4v) is 2.98. The van der Waals surface area contributed by atoms with E-state index in [4.69, 9.17) is 0 Å². The van der Waals surface area contributed by atoms with E-state index < -0.39 is 5.54 Å². The normalized spacial score (nSPS) is 13.5. The van der Waals surface area contributed by atoms with E-state index in [0.717, 1.165) is 10.6 Å². The van der Waals surface area contributed by atoms with Crippen molar-refractivity contribution in [3.63, 3.8) is 0 Å². The minimum absolute atomic E-state index is 0.0867. The maximum Gasteiger partial charge on any atom is 0.117 e. The summed E-state index contributed by atoms with van der Waals surface area (Å²) in [6, 6.07) is 18.4. The number of nitrogens with zero attached hydrogens (tertiary/aromatic N) is 1. The standard InChI is InChI=1S/C19H25NO3/c1-15(2)18(16-9-5-3-6-10-16)20(23)19(13-21,14-22)17-11-7-4-8-12-17/h3-12,15,18,21-23H,13-14H2,1-2H3. The van der Waals surface area contributed by atoms with Gasteiger partial charge in [-0.1, -0.05) is 74.5 Å². The maximum absolute atomic E-state index is 11.0. The number of benzene rings is 2. The molecule has 0 aliphatic carbocycles. The number of aliphatic hydroxyl groups excluding tert-OH is 2. The van der Waals surface area contributed by atoms with Crippen molar-refractivity contribution in [3.05, 3.63) is 71.8 Å². The summed E-state index contributed by atoms with van der Waals surface area (Å²) in [5.74, 6) is 0.0867. The third kappa shape index (κ3) is 3.46. The van der Waals surface area contributed by atoms with E-state index in [2.05, 4.69) is 0 Å². The fourth-order valence-electron chi connectivity index (χ4n) is 2.98. The van der Waals surface area contributed by atoms with Gasteiger partial charge in [0.25, 0.3) is 0 Å². The molecule has 124 valence electrons. The molecule has 1 atom stereocenters. The van der Waals surface area contributed by atoms with E-state index in [9.17, 15) is 15.4 Å². The fraction of sp³-hybridized carbons (Fsp3) is 0.368. The van der Waals surface area contributed by atoms with Crippen molar-refractivity contribution in [2.45, 2.75) is 25.4 Å². The summed E-state index contributed by atoms with van der Waals surface area (Å²) < 4.78 is 0. The second kappa shape index (κ2) is 7.70. The van der Waals surface area contributed by atoms with Crippen LogP contribution in [-0.4, -0.2) is 33.7 Å². The summed E-state index contributed by atoms with van der Waals surface area (Å²) >= 11 is 0. The van der Waals surface area contributed by atoms with Crippen LogP contribution in [0.15, 0.2) is 60.7 Å². The van der Waals surface area contributed by atoms with E-state index in [0.29, 0.717) is 5.56 Å². The highest BCUT2D eigenvalue weighted by atomic mass is 16.5. The van der Waals surface area contributed by atoms with Gasteiger partial charge < -0.3 is 15.4 Å². The third-order valence-electron chi connectivity index (χ3n) is 4.31. The molecule has 3 N–H and O–H groups in total. The molecule has 0 aromatic heterocycles. The molecule has 0 saturated heterocycles. The Morgan fingerprint density at radius 3 is 1.78 bits per heavy atom. The molecule has 23 heavy (non-hydrogen) atoms. The molecule has 0 amide bonds. The predicted octanol–water partition coefficient (Wildman–Crippen LogP) is 2.96. The quantitative estimate of drug-likeness (QED) is 0.687. The Labute approximate surface area is 137 Å². The van der Waals surface area contributed by atoms with Crippen LogP contribution in [-0.2, 0) is 5.54 Å². The molecular weight excluding hydrogens is 290 g/mol. The lowest BCUT2D eigenvalue weighted by molar-refractivity contribution is -0.241. The van der Waals surface area contributed by atoms with Gasteiger partial charge in [0.05, 0.1) is 19.3 Å². The monoisotopic (exact) mass is 315 g/mol. The van der Waals surface area contributed by atoms with Crippen molar-refractivity contribution >= 4 is 0 Å². The Hall–Kier alpha value is -1.72. The smallest absolute Gasteiger partial charge is 0.117 e. The van der Waals surface area contributed by atoms with Crippen molar-refractivity contribution in [2.75, 3.05) is 13.2 Å². The summed E-state index contributed by atoms with van der Waals surface area (Å²) in [4.78, 5) is 0. The Balaban J connectivity index is 2.49. The minimum Gasteiger partial charge on any atom is -0.394 e. The van der Waals surface area contributed by atoms with Gasteiger partial charge in [0, 0.05) is 0 Å². The van der Waals surface area contributed by atoms with E-state index in [1.165, 1.54) is 0 Å². The van der Waals surface area contributed by atoms with E-state index in [1.807, 2.05) is 62.4 Å². The molecule has 0 spiro atoms. The number of aliphatic hydroxyl groups is 2. The second-order valence-corrected chi connectivity index (χ2v) is 6.16.